The number of hydrogen-bond acceptors (Lipinski definition) is 7. The lowest BCUT2D eigenvalue weighted by Crippen LogP contribution is -2.63. The Balaban J connectivity index is 1.37. The first kappa shape index (κ1) is 40.5. The van der Waals surface area contributed by atoms with E-state index in [-0.39, 0.29) is 46.8 Å². The Hall–Kier alpha value is -2.70. The minimum Gasteiger partial charge on any atom is -0.347 e. The molecule has 5 fully saturated rings. The number of rotatable bonds is 14. The van der Waals surface area contributed by atoms with E-state index in [0.717, 1.165) is 64.2 Å². The van der Waals surface area contributed by atoms with E-state index in [1.165, 1.54) is 0 Å². The number of carbonyl (C=O) groups excluding carboxylic acids is 5. The first-order chi connectivity index (χ1) is 24.3. The summed E-state index contributed by atoms with van der Waals surface area (Å²) in [5.74, 6) is -2.17. The SMILES string of the molecule is CC(C)CCC(NC(=O)[C@@H]1[C@@H]2[C@H](CN1C(=O)[C@@H](NC(=O)NC1(CS(=O)(=O)C(C)(C)C)CCCCC1)C1CCCCC1)C2(C)C)C(=O)C(=O)NC1CC1. The highest BCUT2D eigenvalue weighted by atomic mass is 32.2. The van der Waals surface area contributed by atoms with Crippen molar-refractivity contribution in [2.24, 2.45) is 29.1 Å². The van der Waals surface area contributed by atoms with Gasteiger partial charge in [0.15, 0.2) is 9.84 Å². The number of sulfone groups is 1. The monoisotopic (exact) mass is 747 g/mol. The van der Waals surface area contributed by atoms with Crippen LogP contribution in [-0.4, -0.2) is 89.6 Å². The molecule has 5 amide bonds. The highest BCUT2D eigenvalue weighted by molar-refractivity contribution is 7.92. The number of amides is 5. The zero-order valence-corrected chi connectivity index (χ0v) is 33.5. The van der Waals surface area contributed by atoms with Gasteiger partial charge in [-0.2, -0.15) is 0 Å². The second-order valence-electron chi connectivity index (χ2n) is 18.7. The molecule has 1 unspecified atom stereocenters. The summed E-state index contributed by atoms with van der Waals surface area (Å²) in [5, 5.41) is 11.8. The first-order valence-electron chi connectivity index (χ1n) is 20.0. The Morgan fingerprint density at radius 3 is 2.04 bits per heavy atom. The largest absolute Gasteiger partial charge is 0.347 e. The van der Waals surface area contributed by atoms with Crippen LogP contribution < -0.4 is 21.3 Å². The summed E-state index contributed by atoms with van der Waals surface area (Å²) in [4.78, 5) is 70.8. The number of fused-ring (bicyclic) bond motifs is 1. The van der Waals surface area contributed by atoms with E-state index in [2.05, 4.69) is 35.1 Å². The van der Waals surface area contributed by atoms with Gasteiger partial charge in [0.2, 0.25) is 17.6 Å². The number of hydrogen-bond donors (Lipinski definition) is 4. The van der Waals surface area contributed by atoms with Crippen LogP contribution in [0.15, 0.2) is 0 Å². The molecule has 0 spiro atoms. The Morgan fingerprint density at radius 1 is 0.846 bits per heavy atom. The number of likely N-dealkylation sites (tertiary alicyclic amines) is 1. The molecule has 0 aromatic heterocycles. The van der Waals surface area contributed by atoms with E-state index in [9.17, 15) is 32.4 Å². The van der Waals surface area contributed by atoms with Crippen LogP contribution in [0.2, 0.25) is 0 Å². The van der Waals surface area contributed by atoms with Crippen LogP contribution in [0.5, 0.6) is 0 Å². The van der Waals surface area contributed by atoms with Gasteiger partial charge in [0.25, 0.3) is 5.91 Å². The van der Waals surface area contributed by atoms with Crippen LogP contribution in [0.25, 0.3) is 0 Å². The molecule has 5 aliphatic rings. The van der Waals surface area contributed by atoms with Crippen molar-refractivity contribution in [2.45, 2.75) is 173 Å². The van der Waals surface area contributed by atoms with Gasteiger partial charge in [-0.3, -0.25) is 19.2 Å². The predicted octanol–water partition coefficient (Wildman–Crippen LogP) is 4.40. The smallest absolute Gasteiger partial charge is 0.315 e. The second kappa shape index (κ2) is 15.6. The summed E-state index contributed by atoms with van der Waals surface area (Å²) in [6.07, 6.45) is 10.7. The maximum atomic E-state index is 14.8. The number of nitrogens with one attached hydrogen (secondary N) is 4. The number of nitrogens with zero attached hydrogens (tertiary/aromatic N) is 1. The summed E-state index contributed by atoms with van der Waals surface area (Å²) in [7, 11) is -3.55. The van der Waals surface area contributed by atoms with Crippen LogP contribution in [0.3, 0.4) is 0 Å². The molecule has 0 aromatic rings. The van der Waals surface area contributed by atoms with Gasteiger partial charge in [0, 0.05) is 12.6 Å². The molecule has 0 aromatic carbocycles. The fourth-order valence-electron chi connectivity index (χ4n) is 9.04. The van der Waals surface area contributed by atoms with Crippen molar-refractivity contribution in [3.8, 4) is 0 Å². The van der Waals surface area contributed by atoms with Crippen molar-refractivity contribution in [1.29, 1.82) is 0 Å². The molecule has 52 heavy (non-hydrogen) atoms. The van der Waals surface area contributed by atoms with Crippen LogP contribution in [0.1, 0.15) is 138 Å². The zero-order chi connectivity index (χ0) is 38.2. The Bertz CT molecular complexity index is 1470. The molecule has 4 N–H and O–H groups in total. The van der Waals surface area contributed by atoms with Crippen molar-refractivity contribution in [3.63, 3.8) is 0 Å². The third-order valence-electron chi connectivity index (χ3n) is 12.8. The van der Waals surface area contributed by atoms with Gasteiger partial charge >= 0.3 is 6.03 Å². The topological polar surface area (TPSA) is 171 Å². The van der Waals surface area contributed by atoms with Crippen LogP contribution in [0, 0.1) is 29.1 Å². The molecule has 294 valence electrons. The Kier molecular flexibility index (Phi) is 12.1. The van der Waals surface area contributed by atoms with E-state index in [1.54, 1.807) is 25.7 Å². The number of Topliss-reactive ketones (excluding diaryl/α,β-unsaturated/α-hetero) is 1. The lowest BCUT2D eigenvalue weighted by Gasteiger charge is -2.41. The summed E-state index contributed by atoms with van der Waals surface area (Å²) in [5.41, 5.74) is -1.11. The Morgan fingerprint density at radius 2 is 1.46 bits per heavy atom. The minimum absolute atomic E-state index is 0.00571. The van der Waals surface area contributed by atoms with Gasteiger partial charge in [0.05, 0.1) is 22.1 Å². The highest BCUT2D eigenvalue weighted by Crippen LogP contribution is 2.65. The van der Waals surface area contributed by atoms with Gasteiger partial charge in [-0.05, 0) is 101 Å². The molecule has 0 bridgehead atoms. The molecule has 1 saturated heterocycles. The van der Waals surface area contributed by atoms with E-state index < -0.39 is 61.9 Å². The molecular weight excluding hydrogens is 683 g/mol. The molecule has 12 nitrogen and oxygen atoms in total. The molecule has 4 saturated carbocycles. The predicted molar refractivity (Wildman–Crippen MR) is 200 cm³/mol. The molecule has 0 radical (unpaired) electrons. The normalized spacial score (nSPS) is 26.8. The van der Waals surface area contributed by atoms with Crippen molar-refractivity contribution < 1.29 is 32.4 Å². The van der Waals surface area contributed by atoms with Gasteiger partial charge in [-0.15, -0.1) is 0 Å². The lowest BCUT2D eigenvalue weighted by molar-refractivity contribution is -0.145. The van der Waals surface area contributed by atoms with E-state index in [4.69, 9.17) is 0 Å². The average molecular weight is 748 g/mol. The first-order valence-corrected chi connectivity index (χ1v) is 21.7. The minimum atomic E-state index is -3.55. The molecule has 1 aliphatic heterocycles. The molecular formula is C39H65N5O7S. The average Bonchev–Trinajstić information content (AvgIpc) is 3.92. The maximum absolute atomic E-state index is 14.8. The number of carbonyl (C=O) groups is 5. The molecule has 4 aliphatic carbocycles. The van der Waals surface area contributed by atoms with Crippen molar-refractivity contribution in [3.05, 3.63) is 0 Å². The number of ketones is 1. The summed E-state index contributed by atoms with van der Waals surface area (Å²) in [6, 6.07) is -3.28. The summed E-state index contributed by atoms with van der Waals surface area (Å²) >= 11 is 0. The van der Waals surface area contributed by atoms with E-state index >= 15 is 0 Å². The molecule has 5 rings (SSSR count). The number of piperidine rings is 1. The highest BCUT2D eigenvalue weighted by Gasteiger charge is 2.70. The lowest BCUT2D eigenvalue weighted by atomic mass is 9.82. The third kappa shape index (κ3) is 9.14. The van der Waals surface area contributed by atoms with Gasteiger partial charge in [-0.1, -0.05) is 66.2 Å². The van der Waals surface area contributed by atoms with Crippen LogP contribution >= 0.6 is 0 Å². The third-order valence-corrected chi connectivity index (χ3v) is 15.6. The van der Waals surface area contributed by atoms with Crippen LogP contribution in [-0.2, 0) is 29.0 Å². The Labute approximate surface area is 311 Å². The summed E-state index contributed by atoms with van der Waals surface area (Å²) < 4.78 is 25.8. The van der Waals surface area contributed by atoms with Crippen molar-refractivity contribution in [2.75, 3.05) is 12.3 Å². The fourth-order valence-corrected chi connectivity index (χ4v) is 10.6. The van der Waals surface area contributed by atoms with Gasteiger partial charge < -0.3 is 26.2 Å². The second-order valence-corrected chi connectivity index (χ2v) is 21.5. The molecule has 1 heterocycles. The summed E-state index contributed by atoms with van der Waals surface area (Å²) in [6.45, 7) is 13.6. The molecule has 13 heteroatoms. The van der Waals surface area contributed by atoms with Crippen molar-refractivity contribution in [1.82, 2.24) is 26.2 Å². The number of urea groups is 1. The molecule has 5 atom stereocenters. The quantitative estimate of drug-likeness (QED) is 0.191. The van der Waals surface area contributed by atoms with Gasteiger partial charge in [-0.25, -0.2) is 13.2 Å². The fraction of sp³-hybridized carbons (Fsp3) is 0.872. The van der Waals surface area contributed by atoms with Crippen molar-refractivity contribution >= 4 is 39.4 Å². The standard InChI is InChI=1S/C39H65N5O7S/c1-24(2)16-19-28(32(45)34(47)40-26-17-18-26)41-33(46)31-29-27(38(29,6)7)22-44(31)35(48)30(25-14-10-8-11-15-25)42-36(49)43-39(20-12-9-13-21-39)23-52(50,51)37(3,4)5/h24-31H,8-23H2,1-7H3,(H,40,47)(H,41,46)(H2,42,43,49)/t27-,28?,29-,30-,31-/m0/s1. The zero-order valence-electron chi connectivity index (χ0n) is 32.6. The van der Waals surface area contributed by atoms with E-state index in [1.807, 2.05) is 13.8 Å². The van der Waals surface area contributed by atoms with E-state index in [0.29, 0.717) is 32.2 Å². The maximum Gasteiger partial charge on any atom is 0.315 e. The van der Waals surface area contributed by atoms with Crippen LogP contribution in [0.4, 0.5) is 4.79 Å². The van der Waals surface area contributed by atoms with Gasteiger partial charge in [0.1, 0.15) is 12.1 Å².